The van der Waals surface area contributed by atoms with Crippen molar-refractivity contribution in [3.8, 4) is 0 Å². The van der Waals surface area contributed by atoms with Gasteiger partial charge in [-0.1, -0.05) is 20.8 Å². The molecule has 21 heavy (non-hydrogen) atoms. The summed E-state index contributed by atoms with van der Waals surface area (Å²) in [6, 6.07) is -0.107. The van der Waals surface area contributed by atoms with Crippen LogP contribution in [0.15, 0.2) is 0 Å². The first-order chi connectivity index (χ1) is 10.0. The lowest BCUT2D eigenvalue weighted by Crippen LogP contribution is -2.66. The largest absolute Gasteiger partial charge is 0.329 e. The molecule has 0 spiro atoms. The van der Waals surface area contributed by atoms with E-state index in [2.05, 4.69) is 13.8 Å². The molecule has 3 aliphatic rings. The van der Waals surface area contributed by atoms with E-state index < -0.39 is 0 Å². The first kappa shape index (κ1) is 14.9. The van der Waals surface area contributed by atoms with Crippen LogP contribution >= 0.6 is 0 Å². The zero-order valence-corrected chi connectivity index (χ0v) is 13.5. The minimum Gasteiger partial charge on any atom is -0.329 e. The molecule has 5 unspecified atom stereocenters. The summed E-state index contributed by atoms with van der Waals surface area (Å²) >= 11 is 0. The Morgan fingerprint density at radius 3 is 2.52 bits per heavy atom. The third-order valence-corrected chi connectivity index (χ3v) is 5.83. The standard InChI is InChI=1S/C17H28N2O2/c1-4-13-16(20)18-9-5-6-15(18)17(21)19(13)14-8-7-11(2)10-12(14)3/h11-15H,4-10H2,1-3H3. The van der Waals surface area contributed by atoms with Gasteiger partial charge >= 0.3 is 0 Å². The highest BCUT2D eigenvalue weighted by Crippen LogP contribution is 2.37. The number of fused-ring (bicyclic) bond motifs is 1. The number of rotatable bonds is 2. The summed E-state index contributed by atoms with van der Waals surface area (Å²) in [6.45, 7) is 7.37. The topological polar surface area (TPSA) is 40.6 Å². The van der Waals surface area contributed by atoms with Gasteiger partial charge in [0.05, 0.1) is 0 Å². The number of piperazine rings is 1. The molecule has 1 saturated carbocycles. The molecule has 3 rings (SSSR count). The second-order valence-corrected chi connectivity index (χ2v) is 7.32. The summed E-state index contributed by atoms with van der Waals surface area (Å²) in [6.07, 6.45) is 5.99. The molecule has 2 saturated heterocycles. The van der Waals surface area contributed by atoms with Gasteiger partial charge in [0, 0.05) is 12.6 Å². The maximum atomic E-state index is 13.0. The molecule has 0 aromatic carbocycles. The van der Waals surface area contributed by atoms with Gasteiger partial charge < -0.3 is 9.80 Å². The molecule has 2 aliphatic heterocycles. The van der Waals surface area contributed by atoms with Crippen LogP contribution in [0.25, 0.3) is 0 Å². The molecule has 2 heterocycles. The lowest BCUT2D eigenvalue weighted by molar-refractivity contribution is -0.164. The number of nitrogens with zero attached hydrogens (tertiary/aromatic N) is 2. The van der Waals surface area contributed by atoms with E-state index in [1.54, 1.807) is 0 Å². The van der Waals surface area contributed by atoms with Gasteiger partial charge in [0.15, 0.2) is 0 Å². The van der Waals surface area contributed by atoms with Gasteiger partial charge in [0.1, 0.15) is 12.1 Å². The van der Waals surface area contributed by atoms with Crippen LogP contribution in [0.1, 0.15) is 59.3 Å². The van der Waals surface area contributed by atoms with Crippen molar-refractivity contribution >= 4 is 11.8 Å². The molecule has 0 aromatic heterocycles. The van der Waals surface area contributed by atoms with E-state index in [1.165, 1.54) is 12.8 Å². The Labute approximate surface area is 127 Å². The van der Waals surface area contributed by atoms with Crippen LogP contribution < -0.4 is 0 Å². The molecule has 5 atom stereocenters. The molecule has 2 amide bonds. The average Bonchev–Trinajstić information content (AvgIpc) is 2.93. The molecular formula is C17H28N2O2. The van der Waals surface area contributed by atoms with Crippen molar-refractivity contribution in [2.45, 2.75) is 77.4 Å². The molecule has 0 aromatic rings. The molecule has 0 bridgehead atoms. The molecule has 3 fully saturated rings. The first-order valence-corrected chi connectivity index (χ1v) is 8.67. The molecule has 4 nitrogen and oxygen atoms in total. The smallest absolute Gasteiger partial charge is 0.246 e. The normalized spacial score (nSPS) is 40.6. The molecule has 118 valence electrons. The highest BCUT2D eigenvalue weighted by Gasteiger charge is 2.50. The van der Waals surface area contributed by atoms with Gasteiger partial charge in [0.25, 0.3) is 0 Å². The van der Waals surface area contributed by atoms with E-state index in [-0.39, 0.29) is 29.9 Å². The van der Waals surface area contributed by atoms with Crippen molar-refractivity contribution < 1.29 is 9.59 Å². The second kappa shape index (κ2) is 5.62. The Morgan fingerprint density at radius 2 is 1.86 bits per heavy atom. The van der Waals surface area contributed by atoms with Gasteiger partial charge in [-0.05, 0) is 50.4 Å². The third-order valence-electron chi connectivity index (χ3n) is 5.83. The Balaban J connectivity index is 1.87. The minimum atomic E-state index is -0.215. The fourth-order valence-electron chi connectivity index (χ4n) is 4.75. The maximum Gasteiger partial charge on any atom is 0.246 e. The maximum absolute atomic E-state index is 13.0. The minimum absolute atomic E-state index is 0.160. The van der Waals surface area contributed by atoms with Gasteiger partial charge in [0.2, 0.25) is 11.8 Å². The highest BCUT2D eigenvalue weighted by molar-refractivity contribution is 5.97. The lowest BCUT2D eigenvalue weighted by atomic mass is 9.78. The van der Waals surface area contributed by atoms with Crippen molar-refractivity contribution in [3.63, 3.8) is 0 Å². The third kappa shape index (κ3) is 2.36. The Bertz CT molecular complexity index is 437. The number of carbonyl (C=O) groups excluding carboxylic acids is 2. The van der Waals surface area contributed by atoms with Gasteiger partial charge in [-0.25, -0.2) is 0 Å². The van der Waals surface area contributed by atoms with Gasteiger partial charge in [-0.2, -0.15) is 0 Å². The van der Waals surface area contributed by atoms with Gasteiger partial charge in [-0.15, -0.1) is 0 Å². The van der Waals surface area contributed by atoms with Crippen LogP contribution in [-0.4, -0.2) is 46.3 Å². The Morgan fingerprint density at radius 1 is 1.10 bits per heavy atom. The van der Waals surface area contributed by atoms with E-state index in [9.17, 15) is 9.59 Å². The second-order valence-electron chi connectivity index (χ2n) is 7.32. The summed E-state index contributed by atoms with van der Waals surface area (Å²) in [7, 11) is 0. The van der Waals surface area contributed by atoms with Crippen LogP contribution in [0.2, 0.25) is 0 Å². The van der Waals surface area contributed by atoms with Gasteiger partial charge in [-0.3, -0.25) is 9.59 Å². The van der Waals surface area contributed by atoms with Crippen LogP contribution in [0.3, 0.4) is 0 Å². The first-order valence-electron chi connectivity index (χ1n) is 8.67. The van der Waals surface area contributed by atoms with Crippen LogP contribution in [0.4, 0.5) is 0 Å². The lowest BCUT2D eigenvalue weighted by Gasteiger charge is -2.49. The van der Waals surface area contributed by atoms with Crippen LogP contribution in [0.5, 0.6) is 0 Å². The quantitative estimate of drug-likeness (QED) is 0.784. The number of hydrogen-bond donors (Lipinski definition) is 0. The van der Waals surface area contributed by atoms with Crippen molar-refractivity contribution in [3.05, 3.63) is 0 Å². The highest BCUT2D eigenvalue weighted by atomic mass is 16.2. The van der Waals surface area contributed by atoms with E-state index in [4.69, 9.17) is 0 Å². The van der Waals surface area contributed by atoms with Crippen LogP contribution in [-0.2, 0) is 9.59 Å². The molecule has 4 heteroatoms. The van der Waals surface area contributed by atoms with Crippen molar-refractivity contribution in [2.75, 3.05) is 6.54 Å². The zero-order chi connectivity index (χ0) is 15.1. The zero-order valence-electron chi connectivity index (χ0n) is 13.5. The van der Waals surface area contributed by atoms with E-state index in [0.717, 1.165) is 38.1 Å². The molecular weight excluding hydrogens is 264 g/mol. The monoisotopic (exact) mass is 292 g/mol. The number of hydrogen-bond acceptors (Lipinski definition) is 2. The molecule has 1 aliphatic carbocycles. The summed E-state index contributed by atoms with van der Waals surface area (Å²) < 4.78 is 0. The average molecular weight is 292 g/mol. The fourth-order valence-corrected chi connectivity index (χ4v) is 4.75. The predicted molar refractivity (Wildman–Crippen MR) is 81.6 cm³/mol. The van der Waals surface area contributed by atoms with Crippen LogP contribution in [0, 0.1) is 11.8 Å². The molecule has 0 N–H and O–H groups in total. The van der Waals surface area contributed by atoms with Crippen molar-refractivity contribution in [2.24, 2.45) is 11.8 Å². The summed E-state index contributed by atoms with van der Waals surface area (Å²) in [4.78, 5) is 29.6. The van der Waals surface area contributed by atoms with Crippen molar-refractivity contribution in [1.29, 1.82) is 0 Å². The molecule has 0 radical (unpaired) electrons. The van der Waals surface area contributed by atoms with Crippen molar-refractivity contribution in [1.82, 2.24) is 9.80 Å². The summed E-state index contributed by atoms with van der Waals surface area (Å²) in [5.74, 6) is 1.68. The Hall–Kier alpha value is -1.06. The van der Waals surface area contributed by atoms with E-state index in [0.29, 0.717) is 5.92 Å². The summed E-state index contributed by atoms with van der Waals surface area (Å²) in [5.41, 5.74) is 0. The SMILES string of the molecule is CCC1C(=O)N2CCCC2C(=O)N1C1CCC(C)CC1C. The predicted octanol–water partition coefficient (Wildman–Crippen LogP) is 2.42. The number of amides is 2. The number of carbonyl (C=O) groups is 2. The van der Waals surface area contributed by atoms with E-state index in [1.807, 2.05) is 16.7 Å². The summed E-state index contributed by atoms with van der Waals surface area (Å²) in [5, 5.41) is 0. The Kier molecular flexibility index (Phi) is 3.98. The fraction of sp³-hybridized carbons (Fsp3) is 0.882. The van der Waals surface area contributed by atoms with E-state index >= 15 is 0 Å².